The molecule has 0 amide bonds. The second-order valence-electron chi connectivity index (χ2n) is 4.69. The largest absolute Gasteiger partial charge is 0.321 e. The average molecular weight is 226 g/mol. The molecule has 3 heteroatoms. The van der Waals surface area contributed by atoms with Gasteiger partial charge < -0.3 is 5.73 Å². The van der Waals surface area contributed by atoms with Crippen LogP contribution in [0.25, 0.3) is 10.9 Å². The number of Topliss-reactive ketones (excluding diaryl/α,β-unsaturated/α-hetero) is 1. The highest BCUT2D eigenvalue weighted by Crippen LogP contribution is 2.24. The van der Waals surface area contributed by atoms with Gasteiger partial charge in [0.2, 0.25) is 0 Å². The zero-order chi connectivity index (χ0) is 12.0. The highest BCUT2D eigenvalue weighted by molar-refractivity contribution is 6.04. The summed E-state index contributed by atoms with van der Waals surface area (Å²) in [5.74, 6) is 0.0289. The molecule has 1 aliphatic rings. The van der Waals surface area contributed by atoms with Gasteiger partial charge in [-0.2, -0.15) is 0 Å². The van der Waals surface area contributed by atoms with Gasteiger partial charge in [-0.1, -0.05) is 12.1 Å². The highest BCUT2D eigenvalue weighted by atomic mass is 16.1. The molecular formula is C14H14N2O. The second kappa shape index (κ2) is 3.64. The minimum Gasteiger partial charge on any atom is -0.321 e. The van der Waals surface area contributed by atoms with Crippen LogP contribution < -0.4 is 5.73 Å². The molecule has 0 saturated heterocycles. The molecule has 1 heterocycles. The maximum Gasteiger partial charge on any atom is 0.181 e. The van der Waals surface area contributed by atoms with Crippen LogP contribution in [0.1, 0.15) is 28.0 Å². The summed E-state index contributed by atoms with van der Waals surface area (Å²) in [4.78, 5) is 16.5. The van der Waals surface area contributed by atoms with Crippen LogP contribution in [0.4, 0.5) is 0 Å². The molecule has 86 valence electrons. The number of ketones is 1. The van der Waals surface area contributed by atoms with Crippen LogP contribution in [-0.2, 0) is 6.42 Å². The van der Waals surface area contributed by atoms with Crippen LogP contribution >= 0.6 is 0 Å². The molecule has 3 nitrogen and oxygen atoms in total. The maximum atomic E-state index is 12.0. The molecule has 1 aliphatic carbocycles. The fraction of sp³-hybridized carbons (Fsp3) is 0.286. The number of pyridine rings is 1. The molecule has 0 radical (unpaired) electrons. The standard InChI is InChI=1S/C14H14N2O/c1-8-2-3-9-7-10-12(16-13(9)6-8)5-4-11(15)14(10)17/h2-3,6-7,11H,4-5,15H2,1H3. The van der Waals surface area contributed by atoms with E-state index in [1.807, 2.05) is 25.1 Å². The Labute approximate surface area is 99.7 Å². The van der Waals surface area contributed by atoms with Crippen molar-refractivity contribution in [3.8, 4) is 0 Å². The lowest BCUT2D eigenvalue weighted by molar-refractivity contribution is 0.0947. The molecule has 0 spiro atoms. The Morgan fingerprint density at radius 1 is 1.35 bits per heavy atom. The molecule has 0 aliphatic heterocycles. The monoisotopic (exact) mass is 226 g/mol. The van der Waals surface area contributed by atoms with Crippen molar-refractivity contribution in [2.75, 3.05) is 0 Å². The first-order valence-corrected chi connectivity index (χ1v) is 5.85. The van der Waals surface area contributed by atoms with Gasteiger partial charge in [-0.05, 0) is 37.5 Å². The Kier molecular flexibility index (Phi) is 2.23. The van der Waals surface area contributed by atoms with Gasteiger partial charge in [0.25, 0.3) is 0 Å². The number of benzene rings is 1. The van der Waals surface area contributed by atoms with Gasteiger partial charge in [-0.25, -0.2) is 0 Å². The van der Waals surface area contributed by atoms with Crippen molar-refractivity contribution in [2.24, 2.45) is 5.73 Å². The van der Waals surface area contributed by atoms with Crippen molar-refractivity contribution >= 4 is 16.7 Å². The van der Waals surface area contributed by atoms with E-state index in [0.29, 0.717) is 12.0 Å². The summed E-state index contributed by atoms with van der Waals surface area (Å²) < 4.78 is 0. The number of hydrogen-bond acceptors (Lipinski definition) is 3. The fourth-order valence-electron chi connectivity index (χ4n) is 2.34. The summed E-state index contributed by atoms with van der Waals surface area (Å²) in [6.45, 7) is 2.04. The number of aromatic nitrogens is 1. The molecule has 1 unspecified atom stereocenters. The van der Waals surface area contributed by atoms with Crippen LogP contribution in [-0.4, -0.2) is 16.8 Å². The van der Waals surface area contributed by atoms with Gasteiger partial charge in [0.05, 0.1) is 17.3 Å². The van der Waals surface area contributed by atoms with Gasteiger partial charge >= 0.3 is 0 Å². The number of rotatable bonds is 0. The predicted molar refractivity (Wildman–Crippen MR) is 67.1 cm³/mol. The van der Waals surface area contributed by atoms with E-state index in [4.69, 9.17) is 5.73 Å². The summed E-state index contributed by atoms with van der Waals surface area (Å²) in [6, 6.07) is 7.66. The number of hydrogen-bond donors (Lipinski definition) is 1. The first kappa shape index (κ1) is 10.4. The topological polar surface area (TPSA) is 56.0 Å². The Bertz CT molecular complexity index is 619. The SMILES string of the molecule is Cc1ccc2cc3c(nc2c1)CCC(N)C3=O. The van der Waals surface area contributed by atoms with Crippen molar-refractivity contribution in [3.63, 3.8) is 0 Å². The molecule has 1 aromatic heterocycles. The average Bonchev–Trinajstić information content (AvgIpc) is 2.32. The zero-order valence-electron chi connectivity index (χ0n) is 9.73. The Hall–Kier alpha value is -1.74. The van der Waals surface area contributed by atoms with Gasteiger partial charge in [0, 0.05) is 10.9 Å². The van der Waals surface area contributed by atoms with E-state index >= 15 is 0 Å². The van der Waals surface area contributed by atoms with Crippen molar-refractivity contribution < 1.29 is 4.79 Å². The third kappa shape index (κ3) is 1.63. The van der Waals surface area contributed by atoms with Crippen molar-refractivity contribution in [3.05, 3.63) is 41.1 Å². The Morgan fingerprint density at radius 3 is 3.00 bits per heavy atom. The van der Waals surface area contributed by atoms with Crippen LogP contribution in [0.5, 0.6) is 0 Å². The number of carbonyl (C=O) groups excluding carboxylic acids is 1. The van der Waals surface area contributed by atoms with Gasteiger partial charge in [0.15, 0.2) is 5.78 Å². The summed E-state index contributed by atoms with van der Waals surface area (Å²) in [5.41, 5.74) is 9.54. The maximum absolute atomic E-state index is 12.0. The first-order chi connectivity index (χ1) is 8.15. The van der Waals surface area contributed by atoms with Crippen LogP contribution in [0.3, 0.4) is 0 Å². The number of carbonyl (C=O) groups is 1. The van der Waals surface area contributed by atoms with Crippen LogP contribution in [0.2, 0.25) is 0 Å². The van der Waals surface area contributed by atoms with Crippen LogP contribution in [0.15, 0.2) is 24.3 Å². The third-order valence-electron chi connectivity index (χ3n) is 3.35. The number of fused-ring (bicyclic) bond motifs is 2. The molecule has 0 saturated carbocycles. The molecule has 1 aromatic carbocycles. The smallest absolute Gasteiger partial charge is 0.181 e. The lowest BCUT2D eigenvalue weighted by Gasteiger charge is -2.19. The molecule has 17 heavy (non-hydrogen) atoms. The van der Waals surface area contributed by atoms with E-state index in [-0.39, 0.29) is 11.8 Å². The minimum absolute atomic E-state index is 0.0289. The van der Waals surface area contributed by atoms with Gasteiger partial charge in [-0.3, -0.25) is 9.78 Å². The molecule has 2 aromatic rings. The predicted octanol–water partition coefficient (Wildman–Crippen LogP) is 2.00. The lowest BCUT2D eigenvalue weighted by atomic mass is 9.90. The minimum atomic E-state index is -0.354. The lowest BCUT2D eigenvalue weighted by Crippen LogP contribution is -2.35. The Morgan fingerprint density at radius 2 is 2.18 bits per heavy atom. The number of aryl methyl sites for hydroxylation is 2. The van der Waals surface area contributed by atoms with Crippen molar-refractivity contribution in [1.82, 2.24) is 4.98 Å². The van der Waals surface area contributed by atoms with E-state index in [9.17, 15) is 4.79 Å². The molecule has 3 rings (SSSR count). The molecule has 1 atom stereocenters. The van der Waals surface area contributed by atoms with Crippen molar-refractivity contribution in [2.45, 2.75) is 25.8 Å². The molecular weight excluding hydrogens is 212 g/mol. The number of nitrogens with zero attached hydrogens (tertiary/aromatic N) is 1. The van der Waals surface area contributed by atoms with Gasteiger partial charge in [0.1, 0.15) is 0 Å². The van der Waals surface area contributed by atoms with E-state index in [1.54, 1.807) is 0 Å². The second-order valence-corrected chi connectivity index (χ2v) is 4.69. The zero-order valence-corrected chi connectivity index (χ0v) is 9.73. The van der Waals surface area contributed by atoms with Gasteiger partial charge in [-0.15, -0.1) is 0 Å². The molecule has 0 bridgehead atoms. The van der Waals surface area contributed by atoms with E-state index in [0.717, 1.165) is 23.0 Å². The van der Waals surface area contributed by atoms with E-state index < -0.39 is 0 Å². The van der Waals surface area contributed by atoms with E-state index in [1.165, 1.54) is 5.56 Å². The quantitative estimate of drug-likeness (QED) is 0.747. The fourth-order valence-corrected chi connectivity index (χ4v) is 2.34. The van der Waals surface area contributed by atoms with Crippen molar-refractivity contribution in [1.29, 1.82) is 0 Å². The third-order valence-corrected chi connectivity index (χ3v) is 3.35. The number of nitrogens with two attached hydrogens (primary N) is 1. The first-order valence-electron chi connectivity index (χ1n) is 5.85. The van der Waals surface area contributed by atoms with E-state index in [2.05, 4.69) is 11.1 Å². The summed E-state index contributed by atoms with van der Waals surface area (Å²) in [7, 11) is 0. The summed E-state index contributed by atoms with van der Waals surface area (Å²) in [6.07, 6.45) is 1.50. The summed E-state index contributed by atoms with van der Waals surface area (Å²) >= 11 is 0. The summed E-state index contributed by atoms with van der Waals surface area (Å²) in [5, 5.41) is 1.01. The van der Waals surface area contributed by atoms with Crippen LogP contribution in [0, 0.1) is 6.92 Å². The molecule has 2 N–H and O–H groups in total. The molecule has 0 fully saturated rings. The highest BCUT2D eigenvalue weighted by Gasteiger charge is 2.25. The normalized spacial score (nSPS) is 19.4. The Balaban J connectivity index is 2.26.